The van der Waals surface area contributed by atoms with Gasteiger partial charge in [-0.25, -0.2) is 0 Å². The van der Waals surface area contributed by atoms with Gasteiger partial charge in [-0.1, -0.05) is 60.7 Å². The number of amides is 1. The number of rotatable bonds is 4. The molecule has 0 aromatic heterocycles. The molecular weight excluding hydrogens is 328 g/mol. The van der Waals surface area contributed by atoms with Gasteiger partial charge in [-0.3, -0.25) is 14.9 Å². The first-order chi connectivity index (χ1) is 12.7. The number of nitrogens with zero attached hydrogens (tertiary/aromatic N) is 2. The van der Waals surface area contributed by atoms with Crippen LogP contribution in [0.3, 0.4) is 0 Å². The first kappa shape index (κ1) is 16.0. The minimum Gasteiger partial charge on any atom is -0.320 e. The van der Waals surface area contributed by atoms with Gasteiger partial charge in [0, 0.05) is 17.7 Å². The lowest BCUT2D eigenvalue weighted by Gasteiger charge is -2.05. The van der Waals surface area contributed by atoms with Crippen LogP contribution >= 0.6 is 0 Å². The Morgan fingerprint density at radius 3 is 1.65 bits per heavy atom. The zero-order chi connectivity index (χ0) is 18.1. The van der Waals surface area contributed by atoms with Crippen molar-refractivity contribution in [1.82, 2.24) is 4.90 Å². The number of carbonyl (C=O) groups is 1. The second kappa shape index (κ2) is 6.44. The monoisotopic (exact) mass is 344 g/mol. The Bertz CT molecular complexity index is 895. The Hall–Kier alpha value is -3.47. The summed E-state index contributed by atoms with van der Waals surface area (Å²) in [6.07, 6.45) is 0. The highest BCUT2D eigenvalue weighted by atomic mass is 16.6. The molecule has 0 aliphatic carbocycles. The van der Waals surface area contributed by atoms with Crippen LogP contribution in [-0.4, -0.2) is 15.7 Å². The van der Waals surface area contributed by atoms with Crippen LogP contribution in [0.4, 0.5) is 5.69 Å². The van der Waals surface area contributed by atoms with E-state index in [0.717, 1.165) is 11.1 Å². The molecule has 1 aliphatic rings. The van der Waals surface area contributed by atoms with E-state index in [1.807, 2.05) is 65.6 Å². The van der Waals surface area contributed by atoms with Gasteiger partial charge in [0.2, 0.25) is 0 Å². The molecule has 4 rings (SSSR count). The molecule has 1 aliphatic heterocycles. The number of carbonyl (C=O) groups excluding carboxylic acids is 1. The minimum atomic E-state index is -0.467. The van der Waals surface area contributed by atoms with Crippen molar-refractivity contribution in [1.29, 1.82) is 0 Å². The average Bonchev–Trinajstić information content (AvgIpc) is 3.44. The van der Waals surface area contributed by atoms with Gasteiger partial charge in [0.15, 0.2) is 0 Å². The largest absolute Gasteiger partial charge is 0.320 e. The summed E-state index contributed by atoms with van der Waals surface area (Å²) in [4.78, 5) is 25.2. The predicted molar refractivity (Wildman–Crippen MR) is 97.6 cm³/mol. The van der Waals surface area contributed by atoms with Gasteiger partial charge in [-0.15, -0.1) is 0 Å². The SMILES string of the molecule is O=C(c1ccc([N+](=O)[O-])cc1)N1C(c2ccccc2)C1c1ccccc1. The normalized spacial score (nSPS) is 18.4. The Kier molecular flexibility index (Phi) is 3.97. The zero-order valence-corrected chi connectivity index (χ0v) is 13.9. The van der Waals surface area contributed by atoms with Crippen molar-refractivity contribution in [2.45, 2.75) is 12.1 Å². The first-order valence-electron chi connectivity index (χ1n) is 8.34. The lowest BCUT2D eigenvalue weighted by molar-refractivity contribution is -0.384. The molecule has 5 heteroatoms. The fourth-order valence-corrected chi connectivity index (χ4v) is 3.34. The van der Waals surface area contributed by atoms with Crippen LogP contribution in [0.5, 0.6) is 0 Å². The predicted octanol–water partition coefficient (Wildman–Crippen LogP) is 4.53. The Morgan fingerprint density at radius 1 is 0.769 bits per heavy atom. The van der Waals surface area contributed by atoms with Crippen molar-refractivity contribution in [2.24, 2.45) is 0 Å². The summed E-state index contributed by atoms with van der Waals surface area (Å²) in [5.74, 6) is -0.123. The fourth-order valence-electron chi connectivity index (χ4n) is 3.34. The van der Waals surface area contributed by atoms with Gasteiger partial charge in [0.05, 0.1) is 17.0 Å². The van der Waals surface area contributed by atoms with Crippen LogP contribution in [0, 0.1) is 10.1 Å². The number of hydrogen-bond donors (Lipinski definition) is 0. The molecule has 0 bridgehead atoms. The topological polar surface area (TPSA) is 63.2 Å². The van der Waals surface area contributed by atoms with E-state index >= 15 is 0 Å². The summed E-state index contributed by atoms with van der Waals surface area (Å²) in [6, 6.07) is 25.5. The smallest absolute Gasteiger partial charge is 0.269 e. The molecular formula is C21H16N2O3. The number of non-ortho nitro benzene ring substituents is 1. The molecule has 2 unspecified atom stereocenters. The molecule has 1 fully saturated rings. The summed E-state index contributed by atoms with van der Waals surface area (Å²) in [5, 5.41) is 10.8. The highest BCUT2D eigenvalue weighted by molar-refractivity contribution is 5.97. The fraction of sp³-hybridized carbons (Fsp3) is 0.0952. The van der Waals surface area contributed by atoms with Crippen molar-refractivity contribution in [2.75, 3.05) is 0 Å². The van der Waals surface area contributed by atoms with Crippen molar-refractivity contribution >= 4 is 11.6 Å². The van der Waals surface area contributed by atoms with Crippen LogP contribution in [0.1, 0.15) is 33.6 Å². The lowest BCUT2D eigenvalue weighted by Crippen LogP contribution is -2.12. The number of hydrogen-bond acceptors (Lipinski definition) is 3. The van der Waals surface area contributed by atoms with Crippen LogP contribution in [0.25, 0.3) is 0 Å². The first-order valence-corrected chi connectivity index (χ1v) is 8.34. The van der Waals surface area contributed by atoms with E-state index in [4.69, 9.17) is 0 Å². The third kappa shape index (κ3) is 2.84. The van der Waals surface area contributed by atoms with Crippen LogP contribution in [-0.2, 0) is 0 Å². The number of nitro groups is 1. The van der Waals surface area contributed by atoms with Crippen molar-refractivity contribution in [3.8, 4) is 0 Å². The van der Waals surface area contributed by atoms with Gasteiger partial charge in [-0.2, -0.15) is 0 Å². The van der Waals surface area contributed by atoms with E-state index in [0.29, 0.717) is 5.56 Å². The molecule has 1 amide bonds. The van der Waals surface area contributed by atoms with Crippen molar-refractivity contribution in [3.63, 3.8) is 0 Å². The average molecular weight is 344 g/mol. The Labute approximate surface area is 150 Å². The third-order valence-corrected chi connectivity index (χ3v) is 4.65. The van der Waals surface area contributed by atoms with E-state index in [9.17, 15) is 14.9 Å². The molecule has 0 N–H and O–H groups in total. The maximum Gasteiger partial charge on any atom is 0.269 e. The van der Waals surface area contributed by atoms with Gasteiger partial charge in [0.1, 0.15) is 0 Å². The second-order valence-corrected chi connectivity index (χ2v) is 6.23. The molecule has 0 radical (unpaired) electrons. The molecule has 1 heterocycles. The maximum atomic E-state index is 13.0. The minimum absolute atomic E-state index is 0.0217. The van der Waals surface area contributed by atoms with E-state index in [2.05, 4.69) is 0 Å². The van der Waals surface area contributed by atoms with Gasteiger partial charge < -0.3 is 4.90 Å². The molecule has 5 nitrogen and oxygen atoms in total. The lowest BCUT2D eigenvalue weighted by atomic mass is 10.0. The maximum absolute atomic E-state index is 13.0. The third-order valence-electron chi connectivity index (χ3n) is 4.65. The van der Waals surface area contributed by atoms with E-state index in [-0.39, 0.29) is 23.7 Å². The van der Waals surface area contributed by atoms with Crippen LogP contribution in [0.15, 0.2) is 84.9 Å². The van der Waals surface area contributed by atoms with Gasteiger partial charge in [-0.05, 0) is 23.3 Å². The van der Waals surface area contributed by atoms with E-state index in [1.54, 1.807) is 0 Å². The zero-order valence-electron chi connectivity index (χ0n) is 13.9. The summed E-state index contributed by atoms with van der Waals surface area (Å²) in [7, 11) is 0. The standard InChI is InChI=1S/C21H16N2O3/c24-21(17-11-13-18(14-12-17)23(25)26)22-19(15-7-3-1-4-8-15)20(22)16-9-5-2-6-10-16/h1-14,19-20H. The Balaban J connectivity index is 1.66. The molecule has 0 saturated carbocycles. The Morgan fingerprint density at radius 2 is 1.23 bits per heavy atom. The van der Waals surface area contributed by atoms with Crippen molar-refractivity contribution in [3.05, 3.63) is 112 Å². The van der Waals surface area contributed by atoms with E-state index < -0.39 is 4.92 Å². The van der Waals surface area contributed by atoms with Crippen molar-refractivity contribution < 1.29 is 9.72 Å². The molecule has 3 aromatic carbocycles. The van der Waals surface area contributed by atoms with Crippen LogP contribution < -0.4 is 0 Å². The molecule has 1 saturated heterocycles. The molecule has 3 aromatic rings. The molecule has 26 heavy (non-hydrogen) atoms. The summed E-state index contributed by atoms with van der Waals surface area (Å²) in [6.45, 7) is 0. The van der Waals surface area contributed by atoms with E-state index in [1.165, 1.54) is 24.3 Å². The summed E-state index contributed by atoms with van der Waals surface area (Å²) >= 11 is 0. The van der Waals surface area contributed by atoms with Crippen LogP contribution in [0.2, 0.25) is 0 Å². The highest BCUT2D eigenvalue weighted by Crippen LogP contribution is 2.55. The molecule has 0 spiro atoms. The number of nitro benzene ring substituents is 1. The molecule has 2 atom stereocenters. The summed E-state index contributed by atoms with van der Waals surface area (Å²) < 4.78 is 0. The molecule has 128 valence electrons. The van der Waals surface area contributed by atoms with Gasteiger partial charge in [0.25, 0.3) is 11.6 Å². The van der Waals surface area contributed by atoms with Gasteiger partial charge >= 0.3 is 0 Å². The second-order valence-electron chi connectivity index (χ2n) is 6.23. The summed E-state index contributed by atoms with van der Waals surface area (Å²) in [5.41, 5.74) is 2.59. The number of benzene rings is 3. The quantitative estimate of drug-likeness (QED) is 0.397. The highest BCUT2D eigenvalue weighted by Gasteiger charge is 2.52.